The molecule has 0 aromatic carbocycles. The van der Waals surface area contributed by atoms with E-state index in [4.69, 9.17) is 14.2 Å². The van der Waals surface area contributed by atoms with E-state index in [9.17, 15) is 9.59 Å². The van der Waals surface area contributed by atoms with Crippen LogP contribution in [0.2, 0.25) is 0 Å². The van der Waals surface area contributed by atoms with Crippen LogP contribution in [0.25, 0.3) is 0 Å². The van der Waals surface area contributed by atoms with Crippen LogP contribution in [0, 0.1) is 0 Å². The minimum absolute atomic E-state index is 0.0772. The van der Waals surface area contributed by atoms with Crippen LogP contribution in [0.4, 0.5) is 0 Å². The van der Waals surface area contributed by atoms with Crippen molar-refractivity contribution in [2.45, 2.75) is 284 Å². The summed E-state index contributed by atoms with van der Waals surface area (Å²) in [5.41, 5.74) is 0. The summed E-state index contributed by atoms with van der Waals surface area (Å²) in [6.45, 7) is 7.73. The van der Waals surface area contributed by atoms with Crippen LogP contribution in [-0.4, -0.2) is 37.9 Å². The van der Waals surface area contributed by atoms with Crippen LogP contribution in [0.5, 0.6) is 0 Å². The van der Waals surface area contributed by atoms with E-state index in [2.05, 4.69) is 69.4 Å². The normalized spacial score (nSPS) is 12.5. The molecule has 0 amide bonds. The van der Waals surface area contributed by atoms with Gasteiger partial charge in [-0.05, 0) is 77.0 Å². The summed E-state index contributed by atoms with van der Waals surface area (Å²) >= 11 is 0. The first-order chi connectivity index (χ1) is 30.6. The Hall–Kier alpha value is -2.14. The first-order valence-electron chi connectivity index (χ1n) is 27.2. The lowest BCUT2D eigenvalue weighted by Crippen LogP contribution is -2.30. The molecule has 0 saturated heterocycles. The molecule has 0 aromatic heterocycles. The van der Waals surface area contributed by atoms with Crippen LogP contribution in [0.1, 0.15) is 278 Å². The van der Waals surface area contributed by atoms with Crippen LogP contribution in [0.15, 0.2) is 48.6 Å². The average Bonchev–Trinajstić information content (AvgIpc) is 3.27. The van der Waals surface area contributed by atoms with Gasteiger partial charge in [0.2, 0.25) is 0 Å². The zero-order valence-corrected chi connectivity index (χ0v) is 41.6. The van der Waals surface area contributed by atoms with Gasteiger partial charge < -0.3 is 14.2 Å². The molecule has 0 spiro atoms. The average molecular weight is 869 g/mol. The summed E-state index contributed by atoms with van der Waals surface area (Å²) in [4.78, 5) is 25.4. The van der Waals surface area contributed by atoms with Crippen molar-refractivity contribution >= 4 is 11.9 Å². The van der Waals surface area contributed by atoms with Gasteiger partial charge in [0, 0.05) is 19.4 Å². The molecule has 1 atom stereocenters. The van der Waals surface area contributed by atoms with Crippen molar-refractivity contribution in [1.82, 2.24) is 0 Å². The topological polar surface area (TPSA) is 61.8 Å². The summed E-state index contributed by atoms with van der Waals surface area (Å²) in [5, 5.41) is 0. The van der Waals surface area contributed by atoms with Crippen molar-refractivity contribution in [3.63, 3.8) is 0 Å². The molecule has 0 aliphatic carbocycles. The fourth-order valence-corrected chi connectivity index (χ4v) is 7.81. The van der Waals surface area contributed by atoms with Gasteiger partial charge in [0.15, 0.2) is 6.10 Å². The second kappa shape index (κ2) is 53.2. The minimum Gasteiger partial charge on any atom is -0.462 e. The van der Waals surface area contributed by atoms with Crippen molar-refractivity contribution < 1.29 is 23.8 Å². The number of carbonyl (C=O) groups excluding carboxylic acids is 2. The number of ether oxygens (including phenoxy) is 3. The van der Waals surface area contributed by atoms with Crippen molar-refractivity contribution in [3.05, 3.63) is 48.6 Å². The van der Waals surface area contributed by atoms with Gasteiger partial charge in [-0.15, -0.1) is 0 Å². The lowest BCUT2D eigenvalue weighted by molar-refractivity contribution is -0.163. The monoisotopic (exact) mass is 869 g/mol. The zero-order valence-electron chi connectivity index (χ0n) is 41.6. The highest BCUT2D eigenvalue weighted by molar-refractivity contribution is 5.70. The van der Waals surface area contributed by atoms with Crippen molar-refractivity contribution in [3.8, 4) is 0 Å². The summed E-state index contributed by atoms with van der Waals surface area (Å²) in [6, 6.07) is 0. The van der Waals surface area contributed by atoms with Crippen LogP contribution in [-0.2, 0) is 23.8 Å². The standard InChI is InChI=1S/C57H104O5/c1-4-7-10-13-16-19-22-25-28-31-34-37-40-43-46-49-52-60-53-55(62-57(59)51-48-45-42-39-36-33-30-27-24-21-18-15-12-9-6-3)54-61-56(58)50-47-44-41-38-35-32-29-26-23-20-17-14-11-8-5-2/h9,12,18,21,26-27,29-30,55H,4-8,10-11,13-17,19-20,22-25,28,31-54H2,1-3H3/b12-9-,21-18-,29-26-,30-27-/t55-/m1/s1. The molecule has 0 aliphatic rings. The number of esters is 2. The van der Waals surface area contributed by atoms with E-state index in [0.717, 1.165) is 83.5 Å². The number of unbranched alkanes of at least 4 members (excludes halogenated alkanes) is 31. The molecule has 0 unspecified atom stereocenters. The third-order valence-corrected chi connectivity index (χ3v) is 11.8. The van der Waals surface area contributed by atoms with E-state index in [1.165, 1.54) is 161 Å². The van der Waals surface area contributed by atoms with Crippen molar-refractivity contribution in [1.29, 1.82) is 0 Å². The third kappa shape index (κ3) is 50.5. The largest absolute Gasteiger partial charge is 0.462 e. The molecule has 0 heterocycles. The summed E-state index contributed by atoms with van der Waals surface area (Å²) < 4.78 is 17.4. The molecule has 5 nitrogen and oxygen atoms in total. The van der Waals surface area contributed by atoms with Crippen molar-refractivity contribution in [2.24, 2.45) is 0 Å². The van der Waals surface area contributed by atoms with Gasteiger partial charge in [-0.2, -0.15) is 0 Å². The van der Waals surface area contributed by atoms with Gasteiger partial charge in [0.25, 0.3) is 0 Å². The molecule has 62 heavy (non-hydrogen) atoms. The number of rotatable bonds is 50. The number of allylic oxidation sites excluding steroid dienone is 8. The van der Waals surface area contributed by atoms with Crippen LogP contribution >= 0.6 is 0 Å². The number of hydrogen-bond acceptors (Lipinski definition) is 5. The second-order valence-electron chi connectivity index (χ2n) is 18.1. The maximum absolute atomic E-state index is 12.8. The summed E-state index contributed by atoms with van der Waals surface area (Å²) in [6.07, 6.45) is 65.5. The van der Waals surface area contributed by atoms with Gasteiger partial charge in [0.05, 0.1) is 6.61 Å². The number of carbonyl (C=O) groups is 2. The Bertz CT molecular complexity index is 1030. The lowest BCUT2D eigenvalue weighted by Gasteiger charge is -2.18. The van der Waals surface area contributed by atoms with Gasteiger partial charge >= 0.3 is 11.9 Å². The maximum Gasteiger partial charge on any atom is 0.306 e. The molecule has 0 aliphatic heterocycles. The Morgan fingerprint density at radius 1 is 0.371 bits per heavy atom. The molecule has 0 rings (SSSR count). The van der Waals surface area contributed by atoms with E-state index >= 15 is 0 Å². The quantitative estimate of drug-likeness (QED) is 0.0346. The lowest BCUT2D eigenvalue weighted by atomic mass is 10.0. The fraction of sp³-hybridized carbons (Fsp3) is 0.825. The predicted octanol–water partition coefficient (Wildman–Crippen LogP) is 18.3. The first kappa shape index (κ1) is 59.9. The van der Waals surface area contributed by atoms with Gasteiger partial charge in [0.1, 0.15) is 6.61 Å². The zero-order chi connectivity index (χ0) is 44.9. The molecule has 0 bridgehead atoms. The van der Waals surface area contributed by atoms with Gasteiger partial charge in [-0.25, -0.2) is 0 Å². The van der Waals surface area contributed by atoms with E-state index in [-0.39, 0.29) is 25.2 Å². The van der Waals surface area contributed by atoms with Gasteiger partial charge in [-0.3, -0.25) is 9.59 Å². The SMILES string of the molecule is CC/C=C\C/C=C\C/C=C\CCCCCCCC(=O)O[C@H](COCCCCCCCCCCCCCCCCCC)COC(=O)CCCCCCC/C=C\CCCCCCCC. The number of hydrogen-bond donors (Lipinski definition) is 0. The molecular weight excluding hydrogens is 765 g/mol. The Balaban J connectivity index is 4.28. The smallest absolute Gasteiger partial charge is 0.306 e. The molecule has 5 heteroatoms. The minimum atomic E-state index is -0.545. The van der Waals surface area contributed by atoms with E-state index in [1.54, 1.807) is 0 Å². The second-order valence-corrected chi connectivity index (χ2v) is 18.1. The molecule has 0 saturated carbocycles. The van der Waals surface area contributed by atoms with Crippen molar-refractivity contribution in [2.75, 3.05) is 19.8 Å². The van der Waals surface area contributed by atoms with E-state index in [0.29, 0.717) is 19.4 Å². The Labute approximate surface area is 386 Å². The maximum atomic E-state index is 12.8. The third-order valence-electron chi connectivity index (χ3n) is 11.8. The highest BCUT2D eigenvalue weighted by Crippen LogP contribution is 2.15. The van der Waals surface area contributed by atoms with E-state index < -0.39 is 6.10 Å². The molecule has 362 valence electrons. The van der Waals surface area contributed by atoms with Crippen LogP contribution in [0.3, 0.4) is 0 Å². The van der Waals surface area contributed by atoms with E-state index in [1.807, 2.05) is 0 Å². The highest BCUT2D eigenvalue weighted by Gasteiger charge is 2.17. The summed E-state index contributed by atoms with van der Waals surface area (Å²) in [7, 11) is 0. The Morgan fingerprint density at radius 2 is 0.726 bits per heavy atom. The first-order valence-corrected chi connectivity index (χ1v) is 27.2. The van der Waals surface area contributed by atoms with Gasteiger partial charge in [-0.1, -0.05) is 236 Å². The molecule has 0 N–H and O–H groups in total. The summed E-state index contributed by atoms with van der Waals surface area (Å²) in [5.74, 6) is -0.414. The predicted molar refractivity (Wildman–Crippen MR) is 270 cm³/mol. The molecule has 0 radical (unpaired) electrons. The Kier molecular flexibility index (Phi) is 51.4. The molecule has 0 aromatic rings. The highest BCUT2D eigenvalue weighted by atomic mass is 16.6. The molecule has 0 fully saturated rings. The molecular formula is C57H104O5. The fourth-order valence-electron chi connectivity index (χ4n) is 7.81. The Morgan fingerprint density at radius 3 is 1.18 bits per heavy atom. The van der Waals surface area contributed by atoms with Crippen LogP contribution < -0.4 is 0 Å².